The van der Waals surface area contributed by atoms with Gasteiger partial charge in [0.1, 0.15) is 0 Å². The maximum Gasteiger partial charge on any atom is 0.253 e. The first kappa shape index (κ1) is 25.1. The number of anilines is 1. The van der Waals surface area contributed by atoms with E-state index < -0.39 is 6.04 Å². The van der Waals surface area contributed by atoms with Gasteiger partial charge in [-0.25, -0.2) is 0 Å². The summed E-state index contributed by atoms with van der Waals surface area (Å²) in [7, 11) is 0. The number of rotatable bonds is 9. The highest BCUT2D eigenvalue weighted by Crippen LogP contribution is 2.27. The molecule has 0 saturated heterocycles. The SMILES string of the molecule is CCn1c(SCC(=O)Nc2ccccc2)nnc1[C@H](NC(=O)c1ccc(Cl)cc1Cl)C(C)C. The van der Waals surface area contributed by atoms with Crippen LogP contribution in [-0.4, -0.2) is 32.3 Å². The molecule has 0 aliphatic heterocycles. The van der Waals surface area contributed by atoms with Crippen molar-refractivity contribution in [1.29, 1.82) is 0 Å². The van der Waals surface area contributed by atoms with E-state index in [1.807, 2.05) is 55.7 Å². The molecule has 0 unspecified atom stereocenters. The average Bonchev–Trinajstić information content (AvgIpc) is 3.18. The Hall–Kier alpha value is -2.55. The number of nitrogens with zero attached hydrogens (tertiary/aromatic N) is 3. The van der Waals surface area contributed by atoms with Crippen LogP contribution in [-0.2, 0) is 11.3 Å². The lowest BCUT2D eigenvalue weighted by atomic mass is 10.0. The minimum atomic E-state index is -0.399. The summed E-state index contributed by atoms with van der Waals surface area (Å²) in [6.45, 7) is 6.54. The minimum absolute atomic E-state index is 0.0359. The van der Waals surface area contributed by atoms with Crippen LogP contribution in [0.1, 0.15) is 43.0 Å². The third-order valence-electron chi connectivity index (χ3n) is 4.86. The summed E-state index contributed by atoms with van der Waals surface area (Å²) in [5.74, 6) is 0.388. The number of benzene rings is 2. The Bertz CT molecular complexity index is 1120. The number of halogens is 2. The van der Waals surface area contributed by atoms with Gasteiger partial charge in [0.05, 0.1) is 22.4 Å². The average molecular weight is 506 g/mol. The van der Waals surface area contributed by atoms with Crippen LogP contribution in [0.3, 0.4) is 0 Å². The standard InChI is InChI=1S/C23H25Cl2N5O2S/c1-4-30-21(20(14(2)3)27-22(32)17-11-10-15(24)12-18(17)25)28-29-23(30)33-13-19(31)26-16-8-6-5-7-9-16/h5-12,14,20H,4,13H2,1-3H3,(H,26,31)(H,27,32)/t20-/m1/s1. The largest absolute Gasteiger partial charge is 0.342 e. The van der Waals surface area contributed by atoms with E-state index in [1.165, 1.54) is 17.8 Å². The lowest BCUT2D eigenvalue weighted by Gasteiger charge is -2.22. The Morgan fingerprint density at radius 2 is 1.82 bits per heavy atom. The molecule has 0 saturated carbocycles. The molecule has 33 heavy (non-hydrogen) atoms. The van der Waals surface area contributed by atoms with Gasteiger partial charge in [0.2, 0.25) is 5.91 Å². The van der Waals surface area contributed by atoms with Crippen molar-refractivity contribution >= 4 is 52.5 Å². The summed E-state index contributed by atoms with van der Waals surface area (Å²) < 4.78 is 1.91. The molecule has 0 fully saturated rings. The van der Waals surface area contributed by atoms with Gasteiger partial charge in [-0.2, -0.15) is 0 Å². The maximum absolute atomic E-state index is 12.9. The van der Waals surface area contributed by atoms with Crippen LogP contribution in [0, 0.1) is 5.92 Å². The van der Waals surface area contributed by atoms with Gasteiger partial charge in [0.25, 0.3) is 5.91 Å². The Morgan fingerprint density at radius 1 is 1.09 bits per heavy atom. The molecule has 0 aliphatic rings. The highest BCUT2D eigenvalue weighted by molar-refractivity contribution is 7.99. The summed E-state index contributed by atoms with van der Waals surface area (Å²) in [5.41, 5.74) is 1.07. The van der Waals surface area contributed by atoms with Gasteiger partial charge in [-0.3, -0.25) is 9.59 Å². The van der Waals surface area contributed by atoms with Crippen molar-refractivity contribution < 1.29 is 9.59 Å². The summed E-state index contributed by atoms with van der Waals surface area (Å²) in [5, 5.41) is 15.8. The quantitative estimate of drug-likeness (QED) is 0.376. The molecule has 0 radical (unpaired) electrons. The third-order valence-corrected chi connectivity index (χ3v) is 6.37. The van der Waals surface area contributed by atoms with E-state index in [-0.39, 0.29) is 28.5 Å². The highest BCUT2D eigenvalue weighted by Gasteiger charge is 2.27. The zero-order valence-corrected chi connectivity index (χ0v) is 20.8. The van der Waals surface area contributed by atoms with E-state index in [2.05, 4.69) is 20.8 Å². The molecule has 0 bridgehead atoms. The number of aromatic nitrogens is 3. The fraction of sp³-hybridized carbons (Fsp3) is 0.304. The van der Waals surface area contributed by atoms with Crippen LogP contribution < -0.4 is 10.6 Å². The van der Waals surface area contributed by atoms with Crippen LogP contribution in [0.25, 0.3) is 0 Å². The third kappa shape index (κ3) is 6.50. The van der Waals surface area contributed by atoms with Gasteiger partial charge in [-0.15, -0.1) is 10.2 Å². The second-order valence-electron chi connectivity index (χ2n) is 7.61. The number of carbonyl (C=O) groups is 2. The predicted molar refractivity (Wildman–Crippen MR) is 133 cm³/mol. The first-order valence-electron chi connectivity index (χ1n) is 10.5. The molecule has 2 aromatic carbocycles. The fourth-order valence-corrected chi connectivity index (χ4v) is 4.51. The number of carbonyl (C=O) groups excluding carboxylic acids is 2. The molecule has 7 nitrogen and oxygen atoms in total. The Morgan fingerprint density at radius 3 is 2.45 bits per heavy atom. The van der Waals surface area contributed by atoms with E-state index in [0.29, 0.717) is 28.1 Å². The summed E-state index contributed by atoms with van der Waals surface area (Å²) in [6.07, 6.45) is 0. The molecule has 3 aromatic rings. The molecule has 3 rings (SSSR count). The topological polar surface area (TPSA) is 88.9 Å². The van der Waals surface area contributed by atoms with Crippen LogP contribution in [0.4, 0.5) is 5.69 Å². The monoisotopic (exact) mass is 505 g/mol. The van der Waals surface area contributed by atoms with Gasteiger partial charge in [0, 0.05) is 17.3 Å². The lowest BCUT2D eigenvalue weighted by Crippen LogP contribution is -2.34. The maximum atomic E-state index is 12.9. The summed E-state index contributed by atoms with van der Waals surface area (Å²) >= 11 is 13.4. The second-order valence-corrected chi connectivity index (χ2v) is 9.39. The van der Waals surface area contributed by atoms with Crippen molar-refractivity contribution in [2.24, 2.45) is 5.92 Å². The van der Waals surface area contributed by atoms with Crippen LogP contribution in [0.15, 0.2) is 53.7 Å². The predicted octanol–water partition coefficient (Wildman–Crippen LogP) is 5.46. The first-order chi connectivity index (χ1) is 15.8. The molecule has 2 N–H and O–H groups in total. The first-order valence-corrected chi connectivity index (χ1v) is 12.2. The van der Waals surface area contributed by atoms with Crippen LogP contribution in [0.2, 0.25) is 10.0 Å². The Labute approximate surface area is 207 Å². The van der Waals surface area contributed by atoms with Crippen molar-refractivity contribution in [3.8, 4) is 0 Å². The van der Waals surface area contributed by atoms with E-state index in [0.717, 1.165) is 5.69 Å². The number of thioether (sulfide) groups is 1. The number of nitrogens with one attached hydrogen (secondary N) is 2. The van der Waals surface area contributed by atoms with Crippen molar-refractivity contribution in [3.63, 3.8) is 0 Å². The fourth-order valence-electron chi connectivity index (χ4n) is 3.20. The molecule has 0 spiro atoms. The molecular weight excluding hydrogens is 481 g/mol. The van der Waals surface area contributed by atoms with Crippen molar-refractivity contribution in [2.45, 2.75) is 38.5 Å². The Kier molecular flexibility index (Phi) is 8.77. The molecule has 0 aliphatic carbocycles. The molecule has 2 amide bonds. The van der Waals surface area contributed by atoms with Gasteiger partial charge in [-0.05, 0) is 43.2 Å². The van der Waals surface area contributed by atoms with Gasteiger partial charge >= 0.3 is 0 Å². The molecule has 1 aromatic heterocycles. The molecule has 174 valence electrons. The number of hydrogen-bond acceptors (Lipinski definition) is 5. The highest BCUT2D eigenvalue weighted by atomic mass is 35.5. The van der Waals surface area contributed by atoms with Gasteiger partial charge in [-0.1, -0.05) is 67.0 Å². The van der Waals surface area contributed by atoms with Gasteiger partial charge in [0.15, 0.2) is 11.0 Å². The van der Waals surface area contributed by atoms with E-state index in [9.17, 15) is 9.59 Å². The van der Waals surface area contributed by atoms with Crippen LogP contribution in [0.5, 0.6) is 0 Å². The molecule has 10 heteroatoms. The zero-order chi connectivity index (χ0) is 24.0. The van der Waals surface area contributed by atoms with Gasteiger partial charge < -0.3 is 15.2 Å². The molecule has 1 heterocycles. The Balaban J connectivity index is 1.73. The molecule has 1 atom stereocenters. The van der Waals surface area contributed by atoms with Crippen molar-refractivity contribution in [1.82, 2.24) is 20.1 Å². The van der Waals surface area contributed by atoms with Crippen molar-refractivity contribution in [3.05, 3.63) is 70.0 Å². The lowest BCUT2D eigenvalue weighted by molar-refractivity contribution is -0.113. The van der Waals surface area contributed by atoms with Crippen LogP contribution >= 0.6 is 35.0 Å². The zero-order valence-electron chi connectivity index (χ0n) is 18.5. The number of amides is 2. The van der Waals surface area contributed by atoms with E-state index in [1.54, 1.807) is 12.1 Å². The second kappa shape index (κ2) is 11.5. The van der Waals surface area contributed by atoms with Crippen molar-refractivity contribution in [2.75, 3.05) is 11.1 Å². The number of para-hydroxylation sites is 1. The van der Waals surface area contributed by atoms with E-state index >= 15 is 0 Å². The summed E-state index contributed by atoms with van der Waals surface area (Å²) in [6, 6.07) is 13.6. The summed E-state index contributed by atoms with van der Waals surface area (Å²) in [4.78, 5) is 25.2. The molecular formula is C23H25Cl2N5O2S. The number of hydrogen-bond donors (Lipinski definition) is 2. The normalized spacial score (nSPS) is 11.9. The smallest absolute Gasteiger partial charge is 0.253 e. The van der Waals surface area contributed by atoms with E-state index in [4.69, 9.17) is 23.2 Å². The minimum Gasteiger partial charge on any atom is -0.342 e.